The van der Waals surface area contributed by atoms with Gasteiger partial charge in [-0.2, -0.15) is 0 Å². The van der Waals surface area contributed by atoms with Gasteiger partial charge in [0.25, 0.3) is 0 Å². The van der Waals surface area contributed by atoms with Gasteiger partial charge in [0.15, 0.2) is 0 Å². The number of aromatic nitrogens is 1. The minimum atomic E-state index is -0.0980. The predicted molar refractivity (Wildman–Crippen MR) is 127 cm³/mol. The Balaban J connectivity index is 1.10. The van der Waals surface area contributed by atoms with E-state index in [0.717, 1.165) is 44.5 Å². The summed E-state index contributed by atoms with van der Waals surface area (Å²) in [6.45, 7) is 9.68. The fourth-order valence-corrected chi connectivity index (χ4v) is 5.81. The van der Waals surface area contributed by atoms with Crippen molar-refractivity contribution >= 4 is 5.69 Å². The van der Waals surface area contributed by atoms with E-state index in [4.69, 9.17) is 0 Å². The van der Waals surface area contributed by atoms with Crippen molar-refractivity contribution in [3.8, 4) is 0 Å². The van der Waals surface area contributed by atoms with Crippen molar-refractivity contribution < 1.29 is 4.39 Å². The zero-order valence-electron chi connectivity index (χ0n) is 19.1. The molecule has 0 spiro atoms. The molecule has 2 aromatic rings. The summed E-state index contributed by atoms with van der Waals surface area (Å²) in [4.78, 5) is 14.7. The molecule has 1 aromatic carbocycles. The smallest absolute Gasteiger partial charge is 0.146 e. The van der Waals surface area contributed by atoms with Crippen LogP contribution in [0.25, 0.3) is 0 Å². The van der Waals surface area contributed by atoms with Crippen LogP contribution in [0.15, 0.2) is 48.7 Å². The van der Waals surface area contributed by atoms with Crippen molar-refractivity contribution in [2.45, 2.75) is 44.3 Å². The Morgan fingerprint density at radius 1 is 0.781 bits per heavy atom. The first-order valence-corrected chi connectivity index (χ1v) is 12.4. The number of rotatable bonds is 5. The number of para-hydroxylation sites is 1. The van der Waals surface area contributed by atoms with Gasteiger partial charge in [0.2, 0.25) is 0 Å². The van der Waals surface area contributed by atoms with Gasteiger partial charge in [-0.15, -0.1) is 0 Å². The Hall–Kier alpha value is -2.02. The van der Waals surface area contributed by atoms with Crippen LogP contribution in [0.5, 0.6) is 0 Å². The highest BCUT2D eigenvalue weighted by atomic mass is 19.1. The van der Waals surface area contributed by atoms with E-state index in [1.807, 2.05) is 24.4 Å². The molecule has 0 unspecified atom stereocenters. The molecule has 32 heavy (non-hydrogen) atoms. The van der Waals surface area contributed by atoms with Crippen molar-refractivity contribution in [2.75, 3.05) is 57.3 Å². The van der Waals surface area contributed by atoms with Crippen LogP contribution in [-0.2, 0) is 6.54 Å². The second kappa shape index (κ2) is 10.3. The van der Waals surface area contributed by atoms with Gasteiger partial charge in [-0.1, -0.05) is 18.2 Å². The highest BCUT2D eigenvalue weighted by Crippen LogP contribution is 2.26. The third-order valence-electron chi connectivity index (χ3n) is 7.64. The lowest BCUT2D eigenvalue weighted by atomic mass is 9.96. The number of hydrogen-bond acceptors (Lipinski definition) is 5. The number of hydrogen-bond donors (Lipinski definition) is 0. The molecule has 3 aliphatic heterocycles. The zero-order chi connectivity index (χ0) is 21.8. The highest BCUT2D eigenvalue weighted by molar-refractivity contribution is 5.48. The molecular formula is C26H36FN5. The highest BCUT2D eigenvalue weighted by Gasteiger charge is 2.32. The molecule has 4 heterocycles. The SMILES string of the molecule is Fc1ccccc1N1CCN([C@H]2CCCN(C3CCN(Cc4ccccn4)CC3)C2)CC1. The molecule has 0 radical (unpaired) electrons. The fraction of sp³-hybridized carbons (Fsp3) is 0.577. The molecule has 1 atom stereocenters. The van der Waals surface area contributed by atoms with Gasteiger partial charge in [0.05, 0.1) is 11.4 Å². The van der Waals surface area contributed by atoms with Crippen molar-refractivity contribution in [2.24, 2.45) is 0 Å². The summed E-state index contributed by atoms with van der Waals surface area (Å²) in [7, 11) is 0. The van der Waals surface area contributed by atoms with E-state index in [9.17, 15) is 4.39 Å². The minimum Gasteiger partial charge on any atom is -0.367 e. The number of nitrogens with zero attached hydrogens (tertiary/aromatic N) is 5. The molecule has 1 aromatic heterocycles. The van der Waals surface area contributed by atoms with Crippen LogP contribution in [0.3, 0.4) is 0 Å². The Morgan fingerprint density at radius 2 is 1.56 bits per heavy atom. The predicted octanol–water partition coefficient (Wildman–Crippen LogP) is 3.47. The molecule has 5 nitrogen and oxygen atoms in total. The Labute approximate surface area is 191 Å². The molecule has 0 bridgehead atoms. The summed E-state index contributed by atoms with van der Waals surface area (Å²) in [5, 5.41) is 0. The number of halogens is 1. The van der Waals surface area contributed by atoms with Crippen molar-refractivity contribution in [3.63, 3.8) is 0 Å². The lowest BCUT2D eigenvalue weighted by Crippen LogP contribution is -2.57. The first kappa shape index (κ1) is 21.8. The minimum absolute atomic E-state index is 0.0980. The average molecular weight is 438 g/mol. The molecule has 0 N–H and O–H groups in total. The summed E-state index contributed by atoms with van der Waals surface area (Å²) in [5.41, 5.74) is 1.94. The van der Waals surface area contributed by atoms with E-state index >= 15 is 0 Å². The van der Waals surface area contributed by atoms with Crippen LogP contribution >= 0.6 is 0 Å². The van der Waals surface area contributed by atoms with Gasteiger partial charge in [0, 0.05) is 70.6 Å². The quantitative estimate of drug-likeness (QED) is 0.714. The molecule has 0 amide bonds. The normalized spacial score (nSPS) is 24.7. The van der Waals surface area contributed by atoms with Gasteiger partial charge in [-0.3, -0.25) is 19.7 Å². The number of anilines is 1. The molecular weight excluding hydrogens is 401 g/mol. The van der Waals surface area contributed by atoms with E-state index in [2.05, 4.69) is 36.7 Å². The number of pyridine rings is 1. The van der Waals surface area contributed by atoms with Gasteiger partial charge < -0.3 is 4.90 Å². The van der Waals surface area contributed by atoms with Gasteiger partial charge in [0.1, 0.15) is 5.82 Å². The summed E-state index contributed by atoms with van der Waals surface area (Å²) in [5.74, 6) is -0.0980. The molecule has 3 fully saturated rings. The summed E-state index contributed by atoms with van der Waals surface area (Å²) in [6, 6.07) is 14.8. The third-order valence-corrected chi connectivity index (χ3v) is 7.64. The fourth-order valence-electron chi connectivity index (χ4n) is 5.81. The maximum Gasteiger partial charge on any atom is 0.146 e. The van der Waals surface area contributed by atoms with Crippen LogP contribution in [-0.4, -0.2) is 84.1 Å². The molecule has 172 valence electrons. The number of likely N-dealkylation sites (tertiary alicyclic amines) is 2. The van der Waals surface area contributed by atoms with Crippen LogP contribution in [0, 0.1) is 5.82 Å². The van der Waals surface area contributed by atoms with Gasteiger partial charge in [-0.05, 0) is 56.5 Å². The molecule has 5 rings (SSSR count). The van der Waals surface area contributed by atoms with E-state index in [1.54, 1.807) is 12.1 Å². The van der Waals surface area contributed by atoms with Crippen LogP contribution < -0.4 is 4.90 Å². The molecule has 3 saturated heterocycles. The van der Waals surface area contributed by atoms with Crippen molar-refractivity contribution in [3.05, 3.63) is 60.2 Å². The lowest BCUT2D eigenvalue weighted by Gasteiger charge is -2.47. The summed E-state index contributed by atoms with van der Waals surface area (Å²) in [6.07, 6.45) is 7.02. The van der Waals surface area contributed by atoms with Crippen LogP contribution in [0.4, 0.5) is 10.1 Å². The van der Waals surface area contributed by atoms with E-state index < -0.39 is 0 Å². The van der Waals surface area contributed by atoms with Crippen molar-refractivity contribution in [1.29, 1.82) is 0 Å². The maximum absolute atomic E-state index is 14.2. The molecule has 0 saturated carbocycles. The first-order valence-electron chi connectivity index (χ1n) is 12.4. The second-order valence-corrected chi connectivity index (χ2v) is 9.59. The topological polar surface area (TPSA) is 25.9 Å². The van der Waals surface area contributed by atoms with Gasteiger partial charge in [-0.25, -0.2) is 4.39 Å². The van der Waals surface area contributed by atoms with Crippen LogP contribution in [0.1, 0.15) is 31.4 Å². The van der Waals surface area contributed by atoms with Gasteiger partial charge >= 0.3 is 0 Å². The zero-order valence-corrected chi connectivity index (χ0v) is 19.1. The number of piperidine rings is 2. The number of piperazine rings is 1. The van der Waals surface area contributed by atoms with E-state index in [1.165, 1.54) is 57.6 Å². The average Bonchev–Trinajstić information content (AvgIpc) is 2.86. The number of benzene rings is 1. The first-order chi connectivity index (χ1) is 15.8. The third kappa shape index (κ3) is 5.13. The summed E-state index contributed by atoms with van der Waals surface area (Å²) < 4.78 is 14.2. The Morgan fingerprint density at radius 3 is 2.31 bits per heavy atom. The van der Waals surface area contributed by atoms with E-state index in [0.29, 0.717) is 6.04 Å². The molecule has 0 aliphatic carbocycles. The summed E-state index contributed by atoms with van der Waals surface area (Å²) >= 11 is 0. The van der Waals surface area contributed by atoms with E-state index in [-0.39, 0.29) is 5.82 Å². The Bertz CT molecular complexity index is 846. The van der Waals surface area contributed by atoms with Crippen molar-refractivity contribution in [1.82, 2.24) is 19.7 Å². The molecule has 3 aliphatic rings. The second-order valence-electron chi connectivity index (χ2n) is 9.59. The Kier molecular flexibility index (Phi) is 7.00. The largest absolute Gasteiger partial charge is 0.367 e. The molecule has 6 heteroatoms. The monoisotopic (exact) mass is 437 g/mol. The maximum atomic E-state index is 14.2. The van der Waals surface area contributed by atoms with Crippen LogP contribution in [0.2, 0.25) is 0 Å². The lowest BCUT2D eigenvalue weighted by molar-refractivity contribution is 0.0404. The standard InChI is InChI=1S/C26H36FN5/c27-25-8-1-2-9-26(25)31-18-16-30(17-19-31)24-7-5-13-32(21-24)23-10-14-29(15-11-23)20-22-6-3-4-12-28-22/h1-4,6,8-9,12,23-24H,5,7,10-11,13-21H2/t24-/m0/s1.